The van der Waals surface area contributed by atoms with Crippen LogP contribution >= 0.6 is 0 Å². The first kappa shape index (κ1) is 10.6. The monoisotopic (exact) mass is 234 g/mol. The number of rotatable bonds is 0. The second-order valence-electron chi connectivity index (χ2n) is 4.79. The largest absolute Gasteiger partial charge is 0.508 e. The fraction of sp³-hybridized carbons (Fsp3) is 0.462. The normalized spacial score (nSPS) is 31.4. The number of phenols is 1. The number of hydrogen-bond acceptors (Lipinski definition) is 4. The summed E-state index contributed by atoms with van der Waals surface area (Å²) in [6.45, 7) is 0. The van der Waals surface area contributed by atoms with Crippen molar-refractivity contribution >= 4 is 5.97 Å². The molecule has 2 N–H and O–H groups in total. The van der Waals surface area contributed by atoms with E-state index in [1.165, 1.54) is 6.07 Å². The lowest BCUT2D eigenvalue weighted by Crippen LogP contribution is -2.38. The molecule has 2 aliphatic rings. The third kappa shape index (κ3) is 1.69. The highest BCUT2D eigenvalue weighted by Gasteiger charge is 2.39. The highest BCUT2D eigenvalue weighted by molar-refractivity contribution is 5.93. The maximum absolute atomic E-state index is 11.8. The molecule has 0 spiro atoms. The molecule has 17 heavy (non-hydrogen) atoms. The van der Waals surface area contributed by atoms with Crippen molar-refractivity contribution in [3.05, 3.63) is 29.3 Å². The smallest absolute Gasteiger partial charge is 0.338 e. The van der Waals surface area contributed by atoms with E-state index in [1.54, 1.807) is 12.1 Å². The Hall–Kier alpha value is -1.55. The predicted molar refractivity (Wildman–Crippen MR) is 59.9 cm³/mol. The van der Waals surface area contributed by atoms with Gasteiger partial charge in [0.05, 0.1) is 11.7 Å². The van der Waals surface area contributed by atoms with Crippen molar-refractivity contribution in [2.45, 2.75) is 37.4 Å². The molecule has 0 aromatic heterocycles. The highest BCUT2D eigenvalue weighted by atomic mass is 16.5. The van der Waals surface area contributed by atoms with Crippen LogP contribution in [0.1, 0.15) is 41.1 Å². The summed E-state index contributed by atoms with van der Waals surface area (Å²) in [5.74, 6) is -0.159. The molecule has 1 aromatic carbocycles. The third-order valence-electron chi connectivity index (χ3n) is 3.68. The topological polar surface area (TPSA) is 66.8 Å². The molecule has 0 radical (unpaired) electrons. The van der Waals surface area contributed by atoms with E-state index in [-0.39, 0.29) is 23.9 Å². The van der Waals surface area contributed by atoms with Crippen molar-refractivity contribution in [2.24, 2.45) is 0 Å². The molecule has 3 rings (SSSR count). The lowest BCUT2D eigenvalue weighted by Gasteiger charge is -2.38. The second-order valence-corrected chi connectivity index (χ2v) is 4.79. The number of aromatic hydroxyl groups is 1. The molecule has 1 heterocycles. The number of esters is 1. The molecule has 0 unspecified atom stereocenters. The summed E-state index contributed by atoms with van der Waals surface area (Å²) in [6, 6.07) is 4.85. The van der Waals surface area contributed by atoms with E-state index < -0.39 is 5.97 Å². The number of aliphatic hydroxyl groups excluding tert-OH is 1. The van der Waals surface area contributed by atoms with Crippen LogP contribution < -0.4 is 0 Å². The molecule has 0 bridgehead atoms. The number of carbonyl (C=O) groups is 1. The standard InChI is InChI=1S/C13H14O4/c14-7-1-3-9-10-4-2-8(15)6-12(10)17-13(16)11(9)5-7/h1,3,5,8,10,12,14-15H,2,4,6H2/t8-,10-,12-/m1/s1. The Balaban J connectivity index is 2.03. The molecule has 1 saturated carbocycles. The van der Waals surface area contributed by atoms with Crippen molar-refractivity contribution in [2.75, 3.05) is 0 Å². The zero-order valence-corrected chi connectivity index (χ0v) is 9.30. The average molecular weight is 234 g/mol. The van der Waals surface area contributed by atoms with E-state index in [9.17, 15) is 15.0 Å². The number of carbonyl (C=O) groups excluding carboxylic acids is 1. The summed E-state index contributed by atoms with van der Waals surface area (Å²) in [4.78, 5) is 11.8. The Kier molecular flexibility index (Phi) is 2.33. The number of benzene rings is 1. The van der Waals surface area contributed by atoms with Gasteiger partial charge in [0.1, 0.15) is 11.9 Å². The summed E-state index contributed by atoms with van der Waals surface area (Å²) >= 11 is 0. The van der Waals surface area contributed by atoms with Gasteiger partial charge in [-0.15, -0.1) is 0 Å². The van der Waals surface area contributed by atoms with Crippen LogP contribution in [0.2, 0.25) is 0 Å². The fourth-order valence-electron chi connectivity index (χ4n) is 2.84. The molecule has 4 nitrogen and oxygen atoms in total. The first-order valence-electron chi connectivity index (χ1n) is 5.87. The molecule has 4 heteroatoms. The molecular weight excluding hydrogens is 220 g/mol. The number of fused-ring (bicyclic) bond motifs is 3. The Bertz CT molecular complexity index is 468. The minimum Gasteiger partial charge on any atom is -0.508 e. The lowest BCUT2D eigenvalue weighted by atomic mass is 9.77. The van der Waals surface area contributed by atoms with E-state index in [1.807, 2.05) is 0 Å². The van der Waals surface area contributed by atoms with Crippen LogP contribution in [0.25, 0.3) is 0 Å². The van der Waals surface area contributed by atoms with Gasteiger partial charge in [0.15, 0.2) is 0 Å². The van der Waals surface area contributed by atoms with Gasteiger partial charge in [-0.3, -0.25) is 0 Å². The van der Waals surface area contributed by atoms with Gasteiger partial charge in [-0.05, 0) is 30.5 Å². The number of hydrogen-bond donors (Lipinski definition) is 2. The summed E-state index contributed by atoms with van der Waals surface area (Å²) in [6.07, 6.45) is 1.47. The highest BCUT2D eigenvalue weighted by Crippen LogP contribution is 2.41. The van der Waals surface area contributed by atoms with Crippen molar-refractivity contribution in [1.29, 1.82) is 0 Å². The quantitative estimate of drug-likeness (QED) is 0.668. The zero-order valence-electron chi connectivity index (χ0n) is 9.30. The average Bonchev–Trinajstić information content (AvgIpc) is 2.29. The van der Waals surface area contributed by atoms with E-state index in [2.05, 4.69) is 0 Å². The van der Waals surface area contributed by atoms with Crippen molar-refractivity contribution in [3.8, 4) is 5.75 Å². The van der Waals surface area contributed by atoms with Gasteiger partial charge in [0.2, 0.25) is 0 Å². The van der Waals surface area contributed by atoms with Crippen LogP contribution in [-0.4, -0.2) is 28.4 Å². The van der Waals surface area contributed by atoms with Gasteiger partial charge in [-0.1, -0.05) is 6.07 Å². The molecular formula is C13H14O4. The summed E-state index contributed by atoms with van der Waals surface area (Å²) < 4.78 is 5.33. The molecule has 0 amide bonds. The number of phenolic OH excluding ortho intramolecular Hbond substituents is 1. The Morgan fingerprint density at radius 3 is 2.94 bits per heavy atom. The van der Waals surface area contributed by atoms with Gasteiger partial charge in [0.25, 0.3) is 0 Å². The summed E-state index contributed by atoms with van der Waals surface area (Å²) in [5, 5.41) is 19.0. The Labute approximate surface area is 98.8 Å². The van der Waals surface area contributed by atoms with Crippen molar-refractivity contribution in [3.63, 3.8) is 0 Å². The molecule has 90 valence electrons. The number of aliphatic hydroxyl groups is 1. The maximum atomic E-state index is 11.8. The first-order chi connectivity index (χ1) is 8.15. The van der Waals surface area contributed by atoms with Gasteiger partial charge >= 0.3 is 5.97 Å². The van der Waals surface area contributed by atoms with Gasteiger partial charge in [-0.25, -0.2) is 4.79 Å². The van der Waals surface area contributed by atoms with Crippen LogP contribution in [0.15, 0.2) is 18.2 Å². The van der Waals surface area contributed by atoms with Crippen molar-refractivity contribution < 1.29 is 19.7 Å². The fourth-order valence-corrected chi connectivity index (χ4v) is 2.84. The molecule has 1 aliphatic carbocycles. The summed E-state index contributed by atoms with van der Waals surface area (Å²) in [5.41, 5.74) is 1.40. The first-order valence-corrected chi connectivity index (χ1v) is 5.87. The van der Waals surface area contributed by atoms with Gasteiger partial charge < -0.3 is 14.9 Å². The SMILES string of the molecule is O=C1O[C@@H]2C[C@H](O)CC[C@@H]2c2ccc(O)cc21. The Morgan fingerprint density at radius 1 is 1.29 bits per heavy atom. The van der Waals surface area contributed by atoms with E-state index in [0.717, 1.165) is 18.4 Å². The Morgan fingerprint density at radius 2 is 2.12 bits per heavy atom. The van der Waals surface area contributed by atoms with Crippen molar-refractivity contribution in [1.82, 2.24) is 0 Å². The maximum Gasteiger partial charge on any atom is 0.338 e. The van der Waals surface area contributed by atoms with E-state index in [4.69, 9.17) is 4.74 Å². The zero-order chi connectivity index (χ0) is 12.0. The van der Waals surface area contributed by atoms with Crippen LogP contribution in [0.5, 0.6) is 5.75 Å². The van der Waals surface area contributed by atoms with E-state index >= 15 is 0 Å². The van der Waals surface area contributed by atoms with Gasteiger partial charge in [-0.2, -0.15) is 0 Å². The number of ether oxygens (including phenoxy) is 1. The minimum absolute atomic E-state index is 0.0787. The molecule has 1 fully saturated rings. The predicted octanol–water partition coefficient (Wildman–Crippen LogP) is 1.56. The molecule has 1 aliphatic heterocycles. The molecule has 3 atom stereocenters. The third-order valence-corrected chi connectivity index (χ3v) is 3.68. The molecule has 0 saturated heterocycles. The lowest BCUT2D eigenvalue weighted by molar-refractivity contribution is -0.0181. The molecule has 1 aromatic rings. The van der Waals surface area contributed by atoms with E-state index in [0.29, 0.717) is 12.0 Å². The van der Waals surface area contributed by atoms with Crippen LogP contribution in [-0.2, 0) is 4.74 Å². The van der Waals surface area contributed by atoms with Crippen LogP contribution in [0, 0.1) is 0 Å². The second kappa shape index (κ2) is 3.74. The minimum atomic E-state index is -0.397. The van der Waals surface area contributed by atoms with Gasteiger partial charge in [0, 0.05) is 12.3 Å². The van der Waals surface area contributed by atoms with Crippen LogP contribution in [0.4, 0.5) is 0 Å². The van der Waals surface area contributed by atoms with Crippen LogP contribution in [0.3, 0.4) is 0 Å². The summed E-state index contributed by atoms with van der Waals surface area (Å²) in [7, 11) is 0.